The van der Waals surface area contributed by atoms with Crippen molar-refractivity contribution in [3.8, 4) is 22.8 Å². The van der Waals surface area contributed by atoms with E-state index < -0.39 is 11.7 Å². The van der Waals surface area contributed by atoms with Crippen LogP contribution in [0.3, 0.4) is 0 Å². The molecule has 2 aromatic carbocycles. The van der Waals surface area contributed by atoms with E-state index >= 15 is 0 Å². The molecular weight excluding hydrogens is 455 g/mol. The Balaban J connectivity index is 1.28. The molecule has 0 atom stereocenters. The van der Waals surface area contributed by atoms with Crippen molar-refractivity contribution < 1.29 is 17.9 Å². The van der Waals surface area contributed by atoms with Crippen LogP contribution in [0.4, 0.5) is 13.2 Å². The fraction of sp³-hybridized carbons (Fsp3) is 0.269. The first kappa shape index (κ1) is 23.0. The van der Waals surface area contributed by atoms with Crippen LogP contribution in [-0.2, 0) is 25.7 Å². The predicted octanol–water partition coefficient (Wildman–Crippen LogP) is 5.22. The molecule has 0 radical (unpaired) electrons. The van der Waals surface area contributed by atoms with Gasteiger partial charge in [0.15, 0.2) is 5.82 Å². The van der Waals surface area contributed by atoms with Crippen molar-refractivity contribution in [2.24, 2.45) is 0 Å². The number of benzene rings is 2. The number of halogens is 3. The molecular formula is C26H24F3N5O. The molecule has 0 bridgehead atoms. The van der Waals surface area contributed by atoms with E-state index in [-0.39, 0.29) is 0 Å². The van der Waals surface area contributed by atoms with Crippen LogP contribution in [-0.4, -0.2) is 38.3 Å². The van der Waals surface area contributed by atoms with Gasteiger partial charge in [-0.2, -0.15) is 18.3 Å². The molecule has 2 aromatic heterocycles. The van der Waals surface area contributed by atoms with Crippen molar-refractivity contribution in [1.82, 2.24) is 24.6 Å². The number of rotatable bonds is 5. The number of fused-ring (bicyclic) bond motifs is 1. The van der Waals surface area contributed by atoms with Gasteiger partial charge in [-0.1, -0.05) is 12.1 Å². The monoisotopic (exact) mass is 479 g/mol. The Morgan fingerprint density at radius 1 is 1.00 bits per heavy atom. The van der Waals surface area contributed by atoms with Crippen molar-refractivity contribution in [3.63, 3.8) is 0 Å². The maximum Gasteiger partial charge on any atom is 0.416 e. The van der Waals surface area contributed by atoms with Gasteiger partial charge in [0.05, 0.1) is 30.3 Å². The standard InChI is InChI=1S/C26H24F3N5O/c1-17-19(14-31-34(17)22-7-9-23(35-2)10-8-22)15-33-12-11-24-20(16-33)13-30-25(32-24)18-3-5-21(6-4-18)26(27,28)29/h3-10,13-14H,11-12,15-16H2,1-2H3. The molecule has 3 heterocycles. The van der Waals surface area contributed by atoms with Gasteiger partial charge in [-0.3, -0.25) is 4.90 Å². The van der Waals surface area contributed by atoms with Gasteiger partial charge in [0.1, 0.15) is 5.75 Å². The third-order valence-corrected chi connectivity index (χ3v) is 6.31. The number of nitrogens with zero attached hydrogens (tertiary/aromatic N) is 5. The van der Waals surface area contributed by atoms with Crippen molar-refractivity contribution in [2.75, 3.05) is 13.7 Å². The maximum absolute atomic E-state index is 12.8. The minimum atomic E-state index is -4.36. The average Bonchev–Trinajstić information content (AvgIpc) is 3.23. The van der Waals surface area contributed by atoms with Crippen LogP contribution in [0.5, 0.6) is 5.75 Å². The molecule has 1 aliphatic heterocycles. The molecule has 9 heteroatoms. The van der Waals surface area contributed by atoms with Gasteiger partial charge in [0.2, 0.25) is 0 Å². The summed E-state index contributed by atoms with van der Waals surface area (Å²) in [7, 11) is 1.64. The van der Waals surface area contributed by atoms with Gasteiger partial charge in [-0.15, -0.1) is 0 Å². The van der Waals surface area contributed by atoms with Crippen LogP contribution >= 0.6 is 0 Å². The zero-order chi connectivity index (χ0) is 24.6. The van der Waals surface area contributed by atoms with Crippen molar-refractivity contribution >= 4 is 0 Å². The van der Waals surface area contributed by atoms with Crippen LogP contribution < -0.4 is 4.74 Å². The molecule has 35 heavy (non-hydrogen) atoms. The lowest BCUT2D eigenvalue weighted by Crippen LogP contribution is -2.31. The van der Waals surface area contributed by atoms with Gasteiger partial charge < -0.3 is 4.74 Å². The number of alkyl halides is 3. The Labute approximate surface area is 201 Å². The molecule has 0 N–H and O–H groups in total. The highest BCUT2D eigenvalue weighted by Gasteiger charge is 2.30. The molecule has 0 amide bonds. The van der Waals surface area contributed by atoms with E-state index in [1.54, 1.807) is 13.3 Å². The van der Waals surface area contributed by atoms with Gasteiger partial charge in [-0.05, 0) is 43.3 Å². The van der Waals surface area contributed by atoms with Gasteiger partial charge in [0.25, 0.3) is 0 Å². The number of ether oxygens (including phenoxy) is 1. The summed E-state index contributed by atoms with van der Waals surface area (Å²) in [5, 5.41) is 4.57. The Kier molecular flexibility index (Phi) is 6.02. The maximum atomic E-state index is 12.8. The second kappa shape index (κ2) is 9.14. The second-order valence-corrected chi connectivity index (χ2v) is 8.57. The van der Waals surface area contributed by atoms with Crippen LogP contribution in [0.2, 0.25) is 0 Å². The third kappa shape index (κ3) is 4.77. The lowest BCUT2D eigenvalue weighted by molar-refractivity contribution is -0.137. The van der Waals surface area contributed by atoms with Crippen LogP contribution in [0, 0.1) is 6.92 Å². The van der Waals surface area contributed by atoms with Crippen molar-refractivity contribution in [3.05, 3.63) is 89.0 Å². The summed E-state index contributed by atoms with van der Waals surface area (Å²) in [5.74, 6) is 1.25. The first-order valence-electron chi connectivity index (χ1n) is 11.2. The Morgan fingerprint density at radius 3 is 2.43 bits per heavy atom. The molecule has 0 unspecified atom stereocenters. The van der Waals surface area contributed by atoms with E-state index in [9.17, 15) is 13.2 Å². The third-order valence-electron chi connectivity index (χ3n) is 6.31. The number of aromatic nitrogens is 4. The molecule has 0 saturated carbocycles. The Bertz CT molecular complexity index is 1330. The molecule has 0 fully saturated rings. The first-order chi connectivity index (χ1) is 16.8. The highest BCUT2D eigenvalue weighted by atomic mass is 19.4. The highest BCUT2D eigenvalue weighted by molar-refractivity contribution is 5.56. The fourth-order valence-corrected chi connectivity index (χ4v) is 4.28. The first-order valence-corrected chi connectivity index (χ1v) is 11.2. The average molecular weight is 480 g/mol. The van der Waals surface area contributed by atoms with Gasteiger partial charge in [0, 0.05) is 54.6 Å². The topological polar surface area (TPSA) is 56.1 Å². The van der Waals surface area contributed by atoms with E-state index in [0.29, 0.717) is 17.9 Å². The lowest BCUT2D eigenvalue weighted by atomic mass is 10.1. The van der Waals surface area contributed by atoms with E-state index in [4.69, 9.17) is 4.74 Å². The summed E-state index contributed by atoms with van der Waals surface area (Å²) in [4.78, 5) is 11.4. The highest BCUT2D eigenvalue weighted by Crippen LogP contribution is 2.31. The van der Waals surface area contributed by atoms with Gasteiger partial charge in [-0.25, -0.2) is 14.6 Å². The summed E-state index contributed by atoms with van der Waals surface area (Å²) in [6.07, 6.45) is 0.0771. The number of methoxy groups -OCH3 is 1. The van der Waals surface area contributed by atoms with Crippen molar-refractivity contribution in [1.29, 1.82) is 0 Å². The lowest BCUT2D eigenvalue weighted by Gasteiger charge is -2.28. The Morgan fingerprint density at radius 2 is 1.74 bits per heavy atom. The number of hydrogen-bond acceptors (Lipinski definition) is 5. The predicted molar refractivity (Wildman–Crippen MR) is 125 cm³/mol. The van der Waals surface area contributed by atoms with Crippen LogP contribution in [0.25, 0.3) is 17.1 Å². The summed E-state index contributed by atoms with van der Waals surface area (Å²) in [5.41, 5.74) is 5.07. The molecule has 0 saturated heterocycles. The quantitative estimate of drug-likeness (QED) is 0.393. The van der Waals surface area contributed by atoms with Gasteiger partial charge >= 0.3 is 6.18 Å². The summed E-state index contributed by atoms with van der Waals surface area (Å²) < 4.78 is 45.7. The van der Waals surface area contributed by atoms with Crippen LogP contribution in [0.15, 0.2) is 60.9 Å². The molecule has 180 valence electrons. The summed E-state index contributed by atoms with van der Waals surface area (Å²) >= 11 is 0. The summed E-state index contributed by atoms with van der Waals surface area (Å²) in [6.45, 7) is 4.34. The molecule has 1 aliphatic rings. The molecule has 6 nitrogen and oxygen atoms in total. The molecule has 5 rings (SSSR count). The SMILES string of the molecule is COc1ccc(-n2ncc(CN3CCc4nc(-c5ccc(C(F)(F)F)cc5)ncc4C3)c2C)cc1. The Hall–Kier alpha value is -3.72. The van der Waals surface area contributed by atoms with E-state index in [0.717, 1.165) is 65.6 Å². The molecule has 0 spiro atoms. The van der Waals surface area contributed by atoms with Crippen molar-refractivity contribution in [2.45, 2.75) is 32.6 Å². The zero-order valence-electron chi connectivity index (χ0n) is 19.4. The minimum absolute atomic E-state index is 0.447. The largest absolute Gasteiger partial charge is 0.497 e. The normalized spacial score (nSPS) is 14.1. The van der Waals surface area contributed by atoms with E-state index in [1.807, 2.05) is 35.1 Å². The van der Waals surface area contributed by atoms with E-state index in [2.05, 4.69) is 26.9 Å². The molecule has 4 aromatic rings. The van der Waals surface area contributed by atoms with Crippen LogP contribution in [0.1, 0.15) is 28.1 Å². The fourth-order valence-electron chi connectivity index (χ4n) is 4.28. The molecule has 0 aliphatic carbocycles. The zero-order valence-corrected chi connectivity index (χ0v) is 19.4. The van der Waals surface area contributed by atoms with E-state index in [1.165, 1.54) is 12.1 Å². The number of hydrogen-bond donors (Lipinski definition) is 0. The second-order valence-electron chi connectivity index (χ2n) is 8.57. The summed E-state index contributed by atoms with van der Waals surface area (Å²) in [6, 6.07) is 12.7. The minimum Gasteiger partial charge on any atom is -0.497 e. The smallest absolute Gasteiger partial charge is 0.416 e.